The van der Waals surface area contributed by atoms with Gasteiger partial charge in [-0.1, -0.05) is 17.7 Å². The lowest BCUT2D eigenvalue weighted by Gasteiger charge is -2.24. The molecule has 1 aromatic heterocycles. The maximum Gasteiger partial charge on any atom is 0.310 e. The molecule has 1 amide bonds. The van der Waals surface area contributed by atoms with Crippen molar-refractivity contribution in [2.75, 3.05) is 11.9 Å². The smallest absolute Gasteiger partial charge is 0.310 e. The lowest BCUT2D eigenvalue weighted by Crippen LogP contribution is -2.39. The number of nitrogens with one attached hydrogen (secondary N) is 5. The van der Waals surface area contributed by atoms with Crippen LogP contribution in [-0.4, -0.2) is 41.4 Å². The number of benzene rings is 1. The molecule has 1 fully saturated rings. The molecule has 0 saturated carbocycles. The van der Waals surface area contributed by atoms with Gasteiger partial charge in [0, 0.05) is 18.9 Å². The van der Waals surface area contributed by atoms with Crippen LogP contribution in [0, 0.1) is 16.6 Å². The Morgan fingerprint density at radius 2 is 2.12 bits per heavy atom. The number of esters is 1. The Hall–Kier alpha value is -4.28. The number of anilines is 1. The highest BCUT2D eigenvalue weighted by Gasteiger charge is 2.24. The molecule has 1 saturated heterocycles. The number of nitrogens with two attached hydrogens (primary N) is 1. The van der Waals surface area contributed by atoms with E-state index in [9.17, 15) is 14.0 Å². The molecule has 10 nitrogen and oxygen atoms in total. The molecule has 0 unspecified atom stereocenters. The van der Waals surface area contributed by atoms with Crippen LogP contribution in [0.5, 0.6) is 0 Å². The number of carbonyl (C=O) groups excluding carboxylic acids is 2. The van der Waals surface area contributed by atoms with Crippen molar-refractivity contribution >= 4 is 35.6 Å². The van der Waals surface area contributed by atoms with Gasteiger partial charge < -0.3 is 21.1 Å². The molecule has 0 bridgehead atoms. The summed E-state index contributed by atoms with van der Waals surface area (Å²) in [5.41, 5.74) is 7.73. The first-order valence-electron chi connectivity index (χ1n) is 10.1. The summed E-state index contributed by atoms with van der Waals surface area (Å²) in [6, 6.07) is 7.92. The third kappa shape index (κ3) is 6.86. The van der Waals surface area contributed by atoms with Crippen LogP contribution in [0.15, 0.2) is 42.1 Å². The topological polar surface area (TPSA) is 166 Å². The van der Waals surface area contributed by atoms with Crippen LogP contribution in [0.4, 0.5) is 10.1 Å². The summed E-state index contributed by atoms with van der Waals surface area (Å²) in [5.74, 6) is -1.63. The highest BCUT2D eigenvalue weighted by Crippen LogP contribution is 2.26. The average molecular weight is 453 g/mol. The van der Waals surface area contributed by atoms with Gasteiger partial charge >= 0.3 is 5.97 Å². The van der Waals surface area contributed by atoms with E-state index in [1.165, 1.54) is 19.2 Å². The number of ether oxygens (including phenoxy) is 1. The number of carbonyl (C=O) groups is 2. The van der Waals surface area contributed by atoms with Crippen molar-refractivity contribution < 1.29 is 18.7 Å². The van der Waals surface area contributed by atoms with Crippen molar-refractivity contribution in [1.82, 2.24) is 15.6 Å². The van der Waals surface area contributed by atoms with Gasteiger partial charge in [-0.25, -0.2) is 4.39 Å². The van der Waals surface area contributed by atoms with Crippen molar-refractivity contribution in [2.45, 2.75) is 25.9 Å². The number of hydrogen-bond donors (Lipinski definition) is 6. The summed E-state index contributed by atoms with van der Waals surface area (Å²) in [6.45, 7) is 1.62. The van der Waals surface area contributed by atoms with Gasteiger partial charge in [-0.3, -0.25) is 30.7 Å². The summed E-state index contributed by atoms with van der Waals surface area (Å²) < 4.78 is 20.0. The Bertz CT molecular complexity index is 1120. The summed E-state index contributed by atoms with van der Waals surface area (Å²) in [4.78, 5) is 27.2. The fraction of sp³-hybridized carbons (Fsp3) is 0.227. The number of pyridine rings is 1. The zero-order valence-corrected chi connectivity index (χ0v) is 17.9. The number of guanidine groups is 2. The number of halogens is 1. The largest absolute Gasteiger partial charge is 0.460 e. The van der Waals surface area contributed by atoms with Crippen molar-refractivity contribution in [2.24, 2.45) is 5.73 Å². The number of rotatable bonds is 5. The zero-order chi connectivity index (χ0) is 24.0. The van der Waals surface area contributed by atoms with E-state index in [0.29, 0.717) is 28.9 Å². The molecule has 0 radical (unpaired) electrons. The first-order valence-corrected chi connectivity index (χ1v) is 10.1. The summed E-state index contributed by atoms with van der Waals surface area (Å²) in [6.07, 6.45) is 3.31. The van der Waals surface area contributed by atoms with E-state index in [0.717, 1.165) is 5.57 Å². The molecule has 2 aromatic rings. The van der Waals surface area contributed by atoms with E-state index < -0.39 is 11.9 Å². The SMILES string of the molecule is CC(=O)NC[C@H]1C/C(=C\c2ccc(-c3ccc(NC(=N)NC(=N)N)cn3)c(F)c2)CC(=O)O1. The summed E-state index contributed by atoms with van der Waals surface area (Å²) >= 11 is 0. The van der Waals surface area contributed by atoms with Crippen LogP contribution < -0.4 is 21.7 Å². The van der Waals surface area contributed by atoms with E-state index in [1.54, 1.807) is 30.3 Å². The van der Waals surface area contributed by atoms with Crippen LogP contribution in [0.3, 0.4) is 0 Å². The highest BCUT2D eigenvalue weighted by molar-refractivity contribution is 6.02. The number of cyclic esters (lactones) is 1. The number of nitrogens with zero attached hydrogens (tertiary/aromatic N) is 1. The highest BCUT2D eigenvalue weighted by atomic mass is 19.1. The number of aromatic nitrogens is 1. The molecular weight excluding hydrogens is 429 g/mol. The minimum absolute atomic E-state index is 0.115. The fourth-order valence-electron chi connectivity index (χ4n) is 3.30. The van der Waals surface area contributed by atoms with Crippen LogP contribution in [0.1, 0.15) is 25.3 Å². The maximum absolute atomic E-state index is 14.8. The van der Waals surface area contributed by atoms with Crippen LogP contribution >= 0.6 is 0 Å². The Balaban J connectivity index is 1.70. The second kappa shape index (κ2) is 10.4. The van der Waals surface area contributed by atoms with Gasteiger partial charge in [-0.15, -0.1) is 0 Å². The van der Waals surface area contributed by atoms with Crippen LogP contribution in [0.2, 0.25) is 0 Å². The normalized spacial score (nSPS) is 16.6. The molecule has 7 N–H and O–H groups in total. The van der Waals surface area contributed by atoms with Gasteiger partial charge in [0.1, 0.15) is 11.9 Å². The first-order chi connectivity index (χ1) is 15.7. The third-order valence-electron chi connectivity index (χ3n) is 4.67. The van der Waals surface area contributed by atoms with Crippen LogP contribution in [-0.2, 0) is 14.3 Å². The lowest BCUT2D eigenvalue weighted by atomic mass is 9.98. The van der Waals surface area contributed by atoms with E-state index in [4.69, 9.17) is 21.3 Å². The monoisotopic (exact) mass is 453 g/mol. The van der Waals surface area contributed by atoms with Gasteiger partial charge in [-0.2, -0.15) is 0 Å². The van der Waals surface area contributed by atoms with E-state index in [2.05, 4.69) is 20.9 Å². The average Bonchev–Trinajstić information content (AvgIpc) is 2.72. The van der Waals surface area contributed by atoms with Gasteiger partial charge in [0.25, 0.3) is 0 Å². The van der Waals surface area contributed by atoms with Crippen LogP contribution in [0.25, 0.3) is 17.3 Å². The standard InChI is InChI=1S/C22H24FN7O3/c1-12(31)27-11-16-7-14(9-20(32)33-16)6-13-2-4-17(18(23)8-13)19-5-3-15(10-28-19)29-22(26)30-21(24)25/h2-6,8,10,16H,7,9,11H2,1H3,(H,27,31)(H6,24,25,26,29,30)/b14-6+/t16-/m1/s1. The predicted octanol–water partition coefficient (Wildman–Crippen LogP) is 1.94. The molecule has 3 rings (SSSR count). The molecule has 0 spiro atoms. The van der Waals surface area contributed by atoms with E-state index in [-0.39, 0.29) is 36.8 Å². The molecule has 1 atom stereocenters. The minimum atomic E-state index is -0.475. The first kappa shape index (κ1) is 23.4. The van der Waals surface area contributed by atoms with Crippen molar-refractivity contribution in [3.63, 3.8) is 0 Å². The molecule has 11 heteroatoms. The van der Waals surface area contributed by atoms with E-state index >= 15 is 0 Å². The van der Waals surface area contributed by atoms with Gasteiger partial charge in [0.15, 0.2) is 11.9 Å². The predicted molar refractivity (Wildman–Crippen MR) is 122 cm³/mol. The summed E-state index contributed by atoms with van der Waals surface area (Å²) in [7, 11) is 0. The summed E-state index contributed by atoms with van der Waals surface area (Å²) in [5, 5.41) is 22.3. The Morgan fingerprint density at radius 3 is 2.76 bits per heavy atom. The zero-order valence-electron chi connectivity index (χ0n) is 17.9. The Labute approximate surface area is 189 Å². The molecule has 0 aliphatic carbocycles. The second-order valence-corrected chi connectivity index (χ2v) is 7.44. The van der Waals surface area contributed by atoms with Gasteiger partial charge in [0.05, 0.1) is 30.5 Å². The van der Waals surface area contributed by atoms with Gasteiger partial charge in [-0.05, 0) is 29.8 Å². The van der Waals surface area contributed by atoms with Gasteiger partial charge in [0.2, 0.25) is 5.91 Å². The molecule has 1 aliphatic heterocycles. The van der Waals surface area contributed by atoms with Crippen molar-refractivity contribution in [1.29, 1.82) is 10.8 Å². The number of amides is 1. The fourth-order valence-corrected chi connectivity index (χ4v) is 3.30. The van der Waals surface area contributed by atoms with E-state index in [1.807, 2.05) is 0 Å². The Kier molecular flexibility index (Phi) is 7.34. The quantitative estimate of drug-likeness (QED) is 0.229. The number of hydrogen-bond acceptors (Lipinski definition) is 6. The van der Waals surface area contributed by atoms with Crippen molar-refractivity contribution in [3.05, 3.63) is 53.5 Å². The molecule has 33 heavy (non-hydrogen) atoms. The molecule has 1 aliphatic rings. The molecular formula is C22H24FN7O3. The third-order valence-corrected chi connectivity index (χ3v) is 4.67. The molecule has 172 valence electrons. The lowest BCUT2D eigenvalue weighted by molar-refractivity contribution is -0.151. The second-order valence-electron chi connectivity index (χ2n) is 7.44. The van der Waals surface area contributed by atoms with Crippen molar-refractivity contribution in [3.8, 4) is 11.3 Å². The molecule has 1 aromatic carbocycles. The molecule has 2 heterocycles. The maximum atomic E-state index is 14.8. The minimum Gasteiger partial charge on any atom is -0.460 e. The Morgan fingerprint density at radius 1 is 1.33 bits per heavy atom.